The van der Waals surface area contributed by atoms with E-state index in [0.29, 0.717) is 30.9 Å². The first-order valence-electron chi connectivity index (χ1n) is 7.77. The van der Waals surface area contributed by atoms with Crippen molar-refractivity contribution in [3.8, 4) is 0 Å². The molecule has 0 radical (unpaired) electrons. The van der Waals surface area contributed by atoms with Crippen LogP contribution in [0.15, 0.2) is 37.2 Å². The van der Waals surface area contributed by atoms with Crippen molar-refractivity contribution in [3.63, 3.8) is 0 Å². The van der Waals surface area contributed by atoms with E-state index in [1.807, 2.05) is 4.90 Å². The number of amides is 2. The molecule has 0 atom stereocenters. The van der Waals surface area contributed by atoms with Gasteiger partial charge in [0.15, 0.2) is 0 Å². The summed E-state index contributed by atoms with van der Waals surface area (Å²) in [5.41, 5.74) is 0.638. The first kappa shape index (κ1) is 16.2. The molecule has 0 aliphatic carbocycles. The lowest BCUT2D eigenvalue weighted by molar-refractivity contribution is -0.121. The van der Waals surface area contributed by atoms with Crippen molar-refractivity contribution < 1.29 is 9.59 Å². The smallest absolute Gasteiger partial charge is 0.255 e. The molecular formula is C17H23N3O2. The van der Waals surface area contributed by atoms with Gasteiger partial charge in [-0.25, -0.2) is 0 Å². The van der Waals surface area contributed by atoms with Crippen LogP contribution < -0.4 is 5.32 Å². The van der Waals surface area contributed by atoms with E-state index in [1.165, 1.54) is 0 Å². The van der Waals surface area contributed by atoms with Crippen LogP contribution >= 0.6 is 0 Å². The highest BCUT2D eigenvalue weighted by Crippen LogP contribution is 2.18. The maximum absolute atomic E-state index is 12.3. The average molecular weight is 301 g/mol. The van der Waals surface area contributed by atoms with Crippen LogP contribution in [0.1, 0.15) is 36.0 Å². The first-order chi connectivity index (χ1) is 10.7. The highest BCUT2D eigenvalue weighted by Gasteiger charge is 2.23. The van der Waals surface area contributed by atoms with Gasteiger partial charge in [-0.2, -0.15) is 0 Å². The second kappa shape index (κ2) is 8.32. The molecule has 2 rings (SSSR count). The number of hydrogen-bond acceptors (Lipinski definition) is 3. The molecular weight excluding hydrogens is 278 g/mol. The van der Waals surface area contributed by atoms with Gasteiger partial charge in [0.1, 0.15) is 0 Å². The Balaban J connectivity index is 1.73. The number of carbonyl (C=O) groups excluding carboxylic acids is 2. The molecule has 5 nitrogen and oxygen atoms in total. The van der Waals surface area contributed by atoms with Gasteiger partial charge in [-0.05, 0) is 37.3 Å². The molecule has 2 heterocycles. The largest absolute Gasteiger partial charge is 0.356 e. The summed E-state index contributed by atoms with van der Waals surface area (Å²) in [5, 5.41) is 2.96. The molecule has 1 N–H and O–H groups in total. The summed E-state index contributed by atoms with van der Waals surface area (Å²) in [6, 6.07) is 3.57. The van der Waals surface area contributed by atoms with Gasteiger partial charge in [0, 0.05) is 38.4 Å². The van der Waals surface area contributed by atoms with Gasteiger partial charge < -0.3 is 10.2 Å². The summed E-state index contributed by atoms with van der Waals surface area (Å²) >= 11 is 0. The number of aromatic nitrogens is 1. The van der Waals surface area contributed by atoms with E-state index < -0.39 is 0 Å². The predicted molar refractivity (Wildman–Crippen MR) is 85.3 cm³/mol. The normalized spacial score (nSPS) is 15.4. The third kappa shape index (κ3) is 4.69. The Morgan fingerprint density at radius 2 is 2.18 bits per heavy atom. The molecule has 0 spiro atoms. The Labute approximate surface area is 131 Å². The lowest BCUT2D eigenvalue weighted by atomic mass is 9.96. The molecule has 118 valence electrons. The molecule has 0 unspecified atom stereocenters. The van der Waals surface area contributed by atoms with Crippen LogP contribution in [0, 0.1) is 5.92 Å². The topological polar surface area (TPSA) is 62.3 Å². The number of nitrogens with zero attached hydrogens (tertiary/aromatic N) is 2. The first-order valence-corrected chi connectivity index (χ1v) is 7.77. The molecule has 5 heteroatoms. The Morgan fingerprint density at radius 1 is 1.41 bits per heavy atom. The third-order valence-corrected chi connectivity index (χ3v) is 3.97. The fourth-order valence-electron chi connectivity index (χ4n) is 2.59. The number of nitrogens with one attached hydrogen (secondary N) is 1. The van der Waals surface area contributed by atoms with Crippen molar-refractivity contribution in [1.29, 1.82) is 0 Å². The second-order valence-corrected chi connectivity index (χ2v) is 5.61. The predicted octanol–water partition coefficient (Wildman–Crippen LogP) is 2.02. The zero-order valence-corrected chi connectivity index (χ0v) is 12.8. The molecule has 1 saturated heterocycles. The van der Waals surface area contributed by atoms with Crippen LogP contribution in [0.4, 0.5) is 0 Å². The second-order valence-electron chi connectivity index (χ2n) is 5.61. The van der Waals surface area contributed by atoms with Crippen molar-refractivity contribution >= 4 is 11.8 Å². The molecule has 0 saturated carbocycles. The minimum atomic E-state index is 0.0431. The zero-order valence-electron chi connectivity index (χ0n) is 12.8. The fraction of sp³-hybridized carbons (Fsp3) is 0.471. The van der Waals surface area contributed by atoms with Gasteiger partial charge in [0.05, 0.1) is 5.56 Å². The van der Waals surface area contributed by atoms with E-state index in [1.54, 1.807) is 30.6 Å². The molecule has 2 amide bonds. The number of likely N-dealkylation sites (tertiary alicyclic amines) is 1. The van der Waals surface area contributed by atoms with Crippen LogP contribution in [0.25, 0.3) is 0 Å². The lowest BCUT2D eigenvalue weighted by Gasteiger charge is -2.32. The maximum Gasteiger partial charge on any atom is 0.255 e. The SMILES string of the molecule is C=CCCC(=O)NCC1CCN(C(=O)c2cccnc2)CC1. The Morgan fingerprint density at radius 3 is 2.82 bits per heavy atom. The Hall–Kier alpha value is -2.17. The summed E-state index contributed by atoms with van der Waals surface area (Å²) in [4.78, 5) is 29.7. The molecule has 1 aromatic heterocycles. The van der Waals surface area contributed by atoms with Crippen molar-refractivity contribution in [2.75, 3.05) is 19.6 Å². The van der Waals surface area contributed by atoms with Gasteiger partial charge >= 0.3 is 0 Å². The van der Waals surface area contributed by atoms with E-state index in [-0.39, 0.29) is 11.8 Å². The van der Waals surface area contributed by atoms with Crippen LogP contribution in [-0.2, 0) is 4.79 Å². The molecule has 0 aromatic carbocycles. The molecule has 1 aliphatic heterocycles. The van der Waals surface area contributed by atoms with Crippen molar-refractivity contribution in [3.05, 3.63) is 42.7 Å². The lowest BCUT2D eigenvalue weighted by Crippen LogP contribution is -2.41. The highest BCUT2D eigenvalue weighted by atomic mass is 16.2. The van der Waals surface area contributed by atoms with Crippen molar-refractivity contribution in [1.82, 2.24) is 15.2 Å². The van der Waals surface area contributed by atoms with E-state index in [9.17, 15) is 9.59 Å². The number of carbonyl (C=O) groups is 2. The van der Waals surface area contributed by atoms with E-state index >= 15 is 0 Å². The van der Waals surface area contributed by atoms with Crippen LogP contribution in [-0.4, -0.2) is 41.3 Å². The Kier molecular flexibility index (Phi) is 6.13. The highest BCUT2D eigenvalue weighted by molar-refractivity contribution is 5.93. The van der Waals surface area contributed by atoms with Crippen molar-refractivity contribution in [2.24, 2.45) is 5.92 Å². The van der Waals surface area contributed by atoms with Crippen LogP contribution in [0.3, 0.4) is 0 Å². The summed E-state index contributed by atoms with van der Waals surface area (Å²) in [5.74, 6) is 0.570. The number of pyridine rings is 1. The minimum absolute atomic E-state index is 0.0431. The van der Waals surface area contributed by atoms with Gasteiger partial charge in [-0.3, -0.25) is 14.6 Å². The molecule has 0 bridgehead atoms. The minimum Gasteiger partial charge on any atom is -0.356 e. The standard InChI is InChI=1S/C17H23N3O2/c1-2-3-6-16(21)19-12-14-7-10-20(11-8-14)17(22)15-5-4-9-18-13-15/h2,4-5,9,13-14H,1,3,6-8,10-12H2,(H,19,21). The van der Waals surface area contributed by atoms with Gasteiger partial charge in [0.2, 0.25) is 5.91 Å². The molecule has 1 aromatic rings. The summed E-state index contributed by atoms with van der Waals surface area (Å²) in [7, 11) is 0. The van der Waals surface area contributed by atoms with Crippen LogP contribution in [0.5, 0.6) is 0 Å². The maximum atomic E-state index is 12.3. The molecule has 22 heavy (non-hydrogen) atoms. The number of rotatable bonds is 6. The third-order valence-electron chi connectivity index (χ3n) is 3.97. The van der Waals surface area contributed by atoms with E-state index in [4.69, 9.17) is 0 Å². The molecule has 1 fully saturated rings. The summed E-state index contributed by atoms with van der Waals surface area (Å²) in [6.45, 7) is 5.78. The summed E-state index contributed by atoms with van der Waals surface area (Å²) in [6.07, 6.45) is 8.08. The van der Waals surface area contributed by atoms with Gasteiger partial charge in [0.25, 0.3) is 5.91 Å². The number of piperidine rings is 1. The summed E-state index contributed by atoms with van der Waals surface area (Å²) < 4.78 is 0. The van der Waals surface area contributed by atoms with Gasteiger partial charge in [-0.15, -0.1) is 6.58 Å². The van der Waals surface area contributed by atoms with Gasteiger partial charge in [-0.1, -0.05) is 6.08 Å². The fourth-order valence-corrected chi connectivity index (χ4v) is 2.59. The average Bonchev–Trinajstić information content (AvgIpc) is 2.58. The number of allylic oxidation sites excluding steroid dienone is 1. The van der Waals surface area contributed by atoms with E-state index in [0.717, 1.165) is 25.9 Å². The van der Waals surface area contributed by atoms with Crippen molar-refractivity contribution in [2.45, 2.75) is 25.7 Å². The monoisotopic (exact) mass is 301 g/mol. The Bertz CT molecular complexity index is 508. The van der Waals surface area contributed by atoms with Crippen LogP contribution in [0.2, 0.25) is 0 Å². The van der Waals surface area contributed by atoms with E-state index in [2.05, 4.69) is 16.9 Å². The molecule has 1 aliphatic rings. The quantitative estimate of drug-likeness (QED) is 0.818. The number of hydrogen-bond donors (Lipinski definition) is 1. The zero-order chi connectivity index (χ0) is 15.8.